The molecule has 1 amide bonds. The first kappa shape index (κ1) is 17.5. The zero-order valence-corrected chi connectivity index (χ0v) is 15.3. The number of carbonyl (C=O) groups excluding carboxylic acids is 2. The third-order valence-electron chi connectivity index (χ3n) is 4.33. The quantitative estimate of drug-likeness (QED) is 0.478. The van der Waals surface area contributed by atoms with Crippen LogP contribution in [-0.4, -0.2) is 34.2 Å². The van der Waals surface area contributed by atoms with Gasteiger partial charge in [-0.2, -0.15) is 0 Å². The molecule has 0 bridgehead atoms. The fraction of sp³-hybridized carbons (Fsp3) is 0.200. The molecule has 0 atom stereocenters. The van der Waals surface area contributed by atoms with Crippen molar-refractivity contribution in [2.75, 3.05) is 17.2 Å². The first-order valence-electron chi connectivity index (χ1n) is 8.66. The standard InChI is InChI=1S/C20H17N3O3S/c24-17(14-8-10-16(11-9-14)23-12-4-7-18(23)25)13-27-20-22-21-19(26-20)15-5-2-1-3-6-15/h1-3,5-6,8-11H,4,7,12-13H2. The smallest absolute Gasteiger partial charge is 0.277 e. The van der Waals surface area contributed by atoms with Crippen molar-refractivity contribution in [2.45, 2.75) is 18.1 Å². The number of thioether (sulfide) groups is 1. The topological polar surface area (TPSA) is 76.3 Å². The predicted octanol–water partition coefficient (Wildman–Crippen LogP) is 3.84. The Morgan fingerprint density at radius 1 is 1.07 bits per heavy atom. The number of carbonyl (C=O) groups is 2. The van der Waals surface area contributed by atoms with E-state index in [-0.39, 0.29) is 17.4 Å². The molecule has 0 radical (unpaired) electrons. The van der Waals surface area contributed by atoms with Gasteiger partial charge in [-0.1, -0.05) is 30.0 Å². The minimum Gasteiger partial charge on any atom is -0.411 e. The highest BCUT2D eigenvalue weighted by Crippen LogP contribution is 2.25. The van der Waals surface area contributed by atoms with Crippen LogP contribution in [0.2, 0.25) is 0 Å². The molecule has 7 heteroatoms. The average molecular weight is 379 g/mol. The summed E-state index contributed by atoms with van der Waals surface area (Å²) in [5.74, 6) is 0.748. The number of anilines is 1. The van der Waals surface area contributed by atoms with Crippen molar-refractivity contribution in [2.24, 2.45) is 0 Å². The Bertz CT molecular complexity index is 954. The minimum absolute atomic E-state index is 0.0289. The Labute approximate surface area is 160 Å². The first-order valence-corrected chi connectivity index (χ1v) is 9.64. The summed E-state index contributed by atoms with van der Waals surface area (Å²) in [4.78, 5) is 25.9. The van der Waals surface area contributed by atoms with E-state index in [1.807, 2.05) is 42.5 Å². The summed E-state index contributed by atoms with van der Waals surface area (Å²) in [7, 11) is 0. The maximum atomic E-state index is 12.4. The van der Waals surface area contributed by atoms with Crippen LogP contribution in [0.15, 0.2) is 64.2 Å². The van der Waals surface area contributed by atoms with Crippen LogP contribution in [0.3, 0.4) is 0 Å². The van der Waals surface area contributed by atoms with Gasteiger partial charge in [-0.25, -0.2) is 0 Å². The average Bonchev–Trinajstić information content (AvgIpc) is 3.36. The number of benzene rings is 2. The van der Waals surface area contributed by atoms with Crippen molar-refractivity contribution in [3.63, 3.8) is 0 Å². The summed E-state index contributed by atoms with van der Waals surface area (Å²) >= 11 is 1.21. The fourth-order valence-corrected chi connectivity index (χ4v) is 3.58. The lowest BCUT2D eigenvalue weighted by Gasteiger charge is -2.15. The summed E-state index contributed by atoms with van der Waals surface area (Å²) in [6.45, 7) is 0.739. The van der Waals surface area contributed by atoms with E-state index >= 15 is 0 Å². The Morgan fingerprint density at radius 2 is 1.85 bits per heavy atom. The molecule has 0 aliphatic carbocycles. The summed E-state index contributed by atoms with van der Waals surface area (Å²) in [5, 5.41) is 8.36. The lowest BCUT2D eigenvalue weighted by molar-refractivity contribution is -0.117. The molecule has 0 spiro atoms. The normalized spacial score (nSPS) is 13.9. The van der Waals surface area contributed by atoms with Gasteiger partial charge in [0.25, 0.3) is 5.22 Å². The molecule has 1 saturated heterocycles. The number of aromatic nitrogens is 2. The van der Waals surface area contributed by atoms with Gasteiger partial charge in [0, 0.05) is 29.8 Å². The summed E-state index contributed by atoms with van der Waals surface area (Å²) in [6.07, 6.45) is 1.47. The number of hydrogen-bond donors (Lipinski definition) is 0. The second-order valence-electron chi connectivity index (χ2n) is 6.15. The first-order chi connectivity index (χ1) is 13.2. The van der Waals surface area contributed by atoms with Crippen LogP contribution >= 0.6 is 11.8 Å². The van der Waals surface area contributed by atoms with Gasteiger partial charge in [-0.05, 0) is 42.8 Å². The van der Waals surface area contributed by atoms with Gasteiger partial charge in [-0.3, -0.25) is 9.59 Å². The highest BCUT2D eigenvalue weighted by Gasteiger charge is 2.21. The van der Waals surface area contributed by atoms with E-state index in [0.717, 1.165) is 24.2 Å². The van der Waals surface area contributed by atoms with Gasteiger partial charge < -0.3 is 9.32 Å². The molecule has 0 N–H and O–H groups in total. The van der Waals surface area contributed by atoms with Crippen molar-refractivity contribution in [1.82, 2.24) is 10.2 Å². The number of hydrogen-bond acceptors (Lipinski definition) is 6. The second-order valence-corrected chi connectivity index (χ2v) is 7.07. The maximum Gasteiger partial charge on any atom is 0.277 e. The van der Waals surface area contributed by atoms with E-state index in [2.05, 4.69) is 10.2 Å². The maximum absolute atomic E-state index is 12.4. The fourth-order valence-electron chi connectivity index (χ4n) is 2.92. The summed E-state index contributed by atoms with van der Waals surface area (Å²) < 4.78 is 5.60. The molecule has 2 aromatic carbocycles. The minimum atomic E-state index is -0.0289. The molecule has 1 fully saturated rings. The van der Waals surface area contributed by atoms with Crippen LogP contribution in [0.25, 0.3) is 11.5 Å². The Morgan fingerprint density at radius 3 is 2.56 bits per heavy atom. The van der Waals surface area contributed by atoms with Gasteiger partial charge in [0.1, 0.15) is 0 Å². The molecule has 0 unspecified atom stereocenters. The molecule has 27 heavy (non-hydrogen) atoms. The lowest BCUT2D eigenvalue weighted by Crippen LogP contribution is -2.23. The second kappa shape index (κ2) is 7.75. The number of Topliss-reactive ketones (excluding diaryl/α,β-unsaturated/α-hetero) is 1. The summed E-state index contributed by atoms with van der Waals surface area (Å²) in [5.41, 5.74) is 2.28. The Kier molecular flexibility index (Phi) is 5.02. The SMILES string of the molecule is O=C(CSc1nnc(-c2ccccc2)o1)c1ccc(N2CCCC2=O)cc1. The van der Waals surface area contributed by atoms with Crippen LogP contribution in [0.5, 0.6) is 0 Å². The molecular formula is C20H17N3O3S. The zero-order valence-electron chi connectivity index (χ0n) is 14.5. The molecule has 4 rings (SSSR count). The van der Waals surface area contributed by atoms with E-state index in [1.165, 1.54) is 11.8 Å². The lowest BCUT2D eigenvalue weighted by atomic mass is 10.1. The van der Waals surface area contributed by atoms with Gasteiger partial charge in [0.2, 0.25) is 11.8 Å². The van der Waals surface area contributed by atoms with Crippen LogP contribution in [0.1, 0.15) is 23.2 Å². The van der Waals surface area contributed by atoms with Crippen LogP contribution in [0, 0.1) is 0 Å². The number of nitrogens with zero attached hydrogens (tertiary/aromatic N) is 3. The van der Waals surface area contributed by atoms with Crippen LogP contribution < -0.4 is 4.90 Å². The third-order valence-corrected chi connectivity index (χ3v) is 5.15. The van der Waals surface area contributed by atoms with Crippen LogP contribution in [0.4, 0.5) is 5.69 Å². The molecule has 1 aliphatic rings. The molecule has 3 aromatic rings. The monoisotopic (exact) mass is 379 g/mol. The van der Waals surface area contributed by atoms with Crippen molar-refractivity contribution >= 4 is 29.1 Å². The third kappa shape index (κ3) is 3.93. The molecule has 6 nitrogen and oxygen atoms in total. The van der Waals surface area contributed by atoms with Gasteiger partial charge in [-0.15, -0.1) is 10.2 Å². The molecule has 1 aliphatic heterocycles. The number of amides is 1. The molecule has 0 saturated carbocycles. The Balaban J connectivity index is 1.37. The van der Waals surface area contributed by atoms with Gasteiger partial charge in [0.05, 0.1) is 5.75 Å². The molecule has 136 valence electrons. The molecule has 1 aromatic heterocycles. The van der Waals surface area contributed by atoms with E-state index in [1.54, 1.807) is 17.0 Å². The van der Waals surface area contributed by atoms with E-state index in [9.17, 15) is 9.59 Å². The zero-order chi connectivity index (χ0) is 18.6. The largest absolute Gasteiger partial charge is 0.411 e. The van der Waals surface area contributed by atoms with Gasteiger partial charge in [0.15, 0.2) is 5.78 Å². The van der Waals surface area contributed by atoms with Crippen molar-refractivity contribution in [3.8, 4) is 11.5 Å². The molecular weight excluding hydrogens is 362 g/mol. The molecule has 2 heterocycles. The number of rotatable bonds is 6. The summed E-state index contributed by atoms with van der Waals surface area (Å²) in [6, 6.07) is 16.6. The van der Waals surface area contributed by atoms with Crippen molar-refractivity contribution in [1.29, 1.82) is 0 Å². The van der Waals surface area contributed by atoms with Crippen molar-refractivity contribution in [3.05, 3.63) is 60.2 Å². The predicted molar refractivity (Wildman–Crippen MR) is 103 cm³/mol. The van der Waals surface area contributed by atoms with Gasteiger partial charge >= 0.3 is 0 Å². The van der Waals surface area contributed by atoms with E-state index in [4.69, 9.17) is 4.42 Å². The van der Waals surface area contributed by atoms with Crippen LogP contribution in [-0.2, 0) is 4.79 Å². The van der Waals surface area contributed by atoms with Crippen molar-refractivity contribution < 1.29 is 14.0 Å². The Hall–Kier alpha value is -2.93. The number of ketones is 1. The van der Waals surface area contributed by atoms with E-state index < -0.39 is 0 Å². The highest BCUT2D eigenvalue weighted by molar-refractivity contribution is 7.99. The van der Waals surface area contributed by atoms with E-state index in [0.29, 0.717) is 23.1 Å². The highest BCUT2D eigenvalue weighted by atomic mass is 32.2.